The Balaban J connectivity index is 1.86. The molecule has 1 heterocycles. The average molecular weight is 360 g/mol. The number of rotatable bonds is 6. The van der Waals surface area contributed by atoms with Crippen LogP contribution in [0, 0.1) is 6.92 Å². The van der Waals surface area contributed by atoms with Crippen molar-refractivity contribution in [2.24, 2.45) is 0 Å². The smallest absolute Gasteiger partial charge is 0.274 e. The second kappa shape index (κ2) is 8.45. The van der Waals surface area contributed by atoms with Crippen LogP contribution in [0.25, 0.3) is 0 Å². The Kier molecular flexibility index (Phi) is 5.81. The van der Waals surface area contributed by atoms with Gasteiger partial charge in [-0.15, -0.1) is 0 Å². The Bertz CT molecular complexity index is 907. The zero-order valence-corrected chi connectivity index (χ0v) is 15.9. The first-order valence-electron chi connectivity index (χ1n) is 9.19. The highest BCUT2D eigenvalue weighted by Crippen LogP contribution is 2.22. The molecule has 138 valence electrons. The van der Waals surface area contributed by atoms with Crippen molar-refractivity contribution >= 4 is 23.2 Å². The molecule has 1 aromatic heterocycles. The molecule has 5 heteroatoms. The number of aromatic nitrogens is 2. The molecule has 3 aromatic rings. The Morgan fingerprint density at radius 3 is 2.33 bits per heavy atom. The van der Waals surface area contributed by atoms with Gasteiger partial charge in [-0.1, -0.05) is 37.3 Å². The fourth-order valence-corrected chi connectivity index (χ4v) is 2.86. The molecule has 5 nitrogen and oxygen atoms in total. The Labute approximate surface area is 160 Å². The van der Waals surface area contributed by atoms with Crippen LogP contribution in [0.3, 0.4) is 0 Å². The SMILES string of the molecule is CCc1ccc(NC(=O)c2cc(C)nc(N(CC)c3ccccc3)n2)cc1. The number of hydrogen-bond acceptors (Lipinski definition) is 4. The second-order valence-corrected chi connectivity index (χ2v) is 6.28. The molecule has 0 saturated heterocycles. The minimum Gasteiger partial charge on any atom is -0.321 e. The molecule has 2 aromatic carbocycles. The predicted molar refractivity (Wildman–Crippen MR) is 110 cm³/mol. The number of carbonyl (C=O) groups is 1. The van der Waals surface area contributed by atoms with Crippen LogP contribution in [-0.2, 0) is 6.42 Å². The van der Waals surface area contributed by atoms with Gasteiger partial charge in [0.05, 0.1) is 0 Å². The molecule has 27 heavy (non-hydrogen) atoms. The molecular formula is C22H24N4O. The van der Waals surface area contributed by atoms with Crippen LogP contribution in [0.4, 0.5) is 17.3 Å². The third-order valence-electron chi connectivity index (χ3n) is 4.32. The maximum atomic E-state index is 12.7. The third kappa shape index (κ3) is 4.50. The molecule has 0 unspecified atom stereocenters. The summed E-state index contributed by atoms with van der Waals surface area (Å²) in [5.41, 5.74) is 4.08. The summed E-state index contributed by atoms with van der Waals surface area (Å²) in [6.07, 6.45) is 0.967. The number of anilines is 3. The first-order valence-corrected chi connectivity index (χ1v) is 9.19. The van der Waals surface area contributed by atoms with Crippen molar-refractivity contribution in [3.63, 3.8) is 0 Å². The van der Waals surface area contributed by atoms with Gasteiger partial charge in [-0.05, 0) is 56.2 Å². The molecule has 0 aliphatic rings. The molecule has 0 bridgehead atoms. The van der Waals surface area contributed by atoms with E-state index in [2.05, 4.69) is 22.2 Å². The van der Waals surface area contributed by atoms with Crippen molar-refractivity contribution in [3.8, 4) is 0 Å². The molecule has 1 amide bonds. The largest absolute Gasteiger partial charge is 0.321 e. The fourth-order valence-electron chi connectivity index (χ4n) is 2.86. The van der Waals surface area contributed by atoms with Gasteiger partial charge >= 0.3 is 0 Å². The maximum absolute atomic E-state index is 12.7. The lowest BCUT2D eigenvalue weighted by Gasteiger charge is -2.21. The molecule has 0 atom stereocenters. The van der Waals surface area contributed by atoms with Gasteiger partial charge in [0.2, 0.25) is 5.95 Å². The van der Waals surface area contributed by atoms with Crippen molar-refractivity contribution < 1.29 is 4.79 Å². The standard InChI is InChI=1S/C22H24N4O/c1-4-17-11-13-18(14-12-17)24-21(27)20-15-16(3)23-22(25-20)26(5-2)19-9-7-6-8-10-19/h6-15H,4-5H2,1-3H3,(H,24,27). The number of para-hydroxylation sites is 1. The topological polar surface area (TPSA) is 58.1 Å². The highest BCUT2D eigenvalue weighted by molar-refractivity contribution is 6.03. The van der Waals surface area contributed by atoms with E-state index in [0.29, 0.717) is 18.2 Å². The summed E-state index contributed by atoms with van der Waals surface area (Å²) < 4.78 is 0. The van der Waals surface area contributed by atoms with Crippen LogP contribution in [0.5, 0.6) is 0 Å². The van der Waals surface area contributed by atoms with Crippen LogP contribution < -0.4 is 10.2 Å². The van der Waals surface area contributed by atoms with E-state index >= 15 is 0 Å². The van der Waals surface area contributed by atoms with Gasteiger partial charge in [-0.3, -0.25) is 4.79 Å². The maximum Gasteiger partial charge on any atom is 0.274 e. The minimum absolute atomic E-state index is 0.241. The molecule has 0 aliphatic carbocycles. The van der Waals surface area contributed by atoms with Crippen molar-refractivity contribution in [3.05, 3.63) is 77.6 Å². The van der Waals surface area contributed by atoms with Gasteiger partial charge in [-0.25, -0.2) is 9.97 Å². The number of aryl methyl sites for hydroxylation is 2. The van der Waals surface area contributed by atoms with Gasteiger partial charge in [-0.2, -0.15) is 0 Å². The first kappa shape index (κ1) is 18.6. The van der Waals surface area contributed by atoms with Crippen molar-refractivity contribution in [1.29, 1.82) is 0 Å². The molecule has 3 rings (SSSR count). The predicted octanol–water partition coefficient (Wildman–Crippen LogP) is 4.76. The Hall–Kier alpha value is -3.21. The summed E-state index contributed by atoms with van der Waals surface area (Å²) in [6.45, 7) is 6.71. The summed E-state index contributed by atoms with van der Waals surface area (Å²) in [7, 11) is 0. The van der Waals surface area contributed by atoms with E-state index in [9.17, 15) is 4.79 Å². The molecule has 0 radical (unpaired) electrons. The van der Waals surface area contributed by atoms with E-state index in [1.54, 1.807) is 6.07 Å². The van der Waals surface area contributed by atoms with E-state index in [0.717, 1.165) is 23.5 Å². The number of carbonyl (C=O) groups excluding carboxylic acids is 1. The normalized spacial score (nSPS) is 10.5. The van der Waals surface area contributed by atoms with Crippen molar-refractivity contribution in [2.75, 3.05) is 16.8 Å². The zero-order chi connectivity index (χ0) is 19.2. The van der Waals surface area contributed by atoms with Crippen LogP contribution in [0.15, 0.2) is 60.7 Å². The number of nitrogens with zero attached hydrogens (tertiary/aromatic N) is 3. The zero-order valence-electron chi connectivity index (χ0n) is 15.9. The molecule has 0 fully saturated rings. The van der Waals surface area contributed by atoms with E-state index < -0.39 is 0 Å². The molecule has 1 N–H and O–H groups in total. The summed E-state index contributed by atoms with van der Waals surface area (Å²) in [6, 6.07) is 19.5. The van der Waals surface area contributed by atoms with Crippen molar-refractivity contribution in [1.82, 2.24) is 9.97 Å². The van der Waals surface area contributed by atoms with E-state index in [4.69, 9.17) is 0 Å². The highest BCUT2D eigenvalue weighted by atomic mass is 16.1. The van der Waals surface area contributed by atoms with Gasteiger partial charge < -0.3 is 10.2 Å². The van der Waals surface area contributed by atoms with Crippen molar-refractivity contribution in [2.45, 2.75) is 27.2 Å². The quantitative estimate of drug-likeness (QED) is 0.689. The average Bonchev–Trinajstić information content (AvgIpc) is 2.69. The highest BCUT2D eigenvalue weighted by Gasteiger charge is 2.15. The number of benzene rings is 2. The Morgan fingerprint density at radius 2 is 1.70 bits per heavy atom. The van der Waals surface area contributed by atoms with Gasteiger partial charge in [0, 0.05) is 23.6 Å². The van der Waals surface area contributed by atoms with Crippen LogP contribution in [0.2, 0.25) is 0 Å². The number of hydrogen-bond donors (Lipinski definition) is 1. The number of nitrogens with one attached hydrogen (secondary N) is 1. The molecule has 0 saturated carbocycles. The number of amides is 1. The van der Waals surface area contributed by atoms with Gasteiger partial charge in [0.25, 0.3) is 5.91 Å². The summed E-state index contributed by atoms with van der Waals surface area (Å²) >= 11 is 0. The van der Waals surface area contributed by atoms with Gasteiger partial charge in [0.1, 0.15) is 5.69 Å². The molecular weight excluding hydrogens is 336 g/mol. The fraction of sp³-hybridized carbons (Fsp3) is 0.227. The van der Waals surface area contributed by atoms with E-state index in [-0.39, 0.29) is 5.91 Å². The Morgan fingerprint density at radius 1 is 1.00 bits per heavy atom. The second-order valence-electron chi connectivity index (χ2n) is 6.28. The first-order chi connectivity index (χ1) is 13.1. The van der Waals surface area contributed by atoms with Crippen LogP contribution in [-0.4, -0.2) is 22.4 Å². The summed E-state index contributed by atoms with van der Waals surface area (Å²) in [5, 5.41) is 2.91. The molecule has 0 aliphatic heterocycles. The summed E-state index contributed by atoms with van der Waals surface area (Å²) in [5.74, 6) is 0.283. The minimum atomic E-state index is -0.241. The lowest BCUT2D eigenvalue weighted by atomic mass is 10.1. The molecule has 0 spiro atoms. The van der Waals surface area contributed by atoms with Crippen LogP contribution in [0.1, 0.15) is 35.6 Å². The van der Waals surface area contributed by atoms with E-state index in [1.807, 2.05) is 73.3 Å². The summed E-state index contributed by atoms with van der Waals surface area (Å²) in [4.78, 5) is 23.7. The lowest BCUT2D eigenvalue weighted by molar-refractivity contribution is 0.102. The third-order valence-corrected chi connectivity index (χ3v) is 4.32. The monoisotopic (exact) mass is 360 g/mol. The van der Waals surface area contributed by atoms with E-state index in [1.165, 1.54) is 5.56 Å². The van der Waals surface area contributed by atoms with Crippen LogP contribution >= 0.6 is 0 Å². The van der Waals surface area contributed by atoms with Gasteiger partial charge in [0.15, 0.2) is 0 Å². The lowest BCUT2D eigenvalue weighted by Crippen LogP contribution is -2.22.